The smallest absolute Gasteiger partial charge is 0.263 e. The lowest BCUT2D eigenvalue weighted by molar-refractivity contribution is -0.126. The fourth-order valence-electron chi connectivity index (χ4n) is 3.69. The van der Waals surface area contributed by atoms with E-state index in [2.05, 4.69) is 20.9 Å². The van der Waals surface area contributed by atoms with Gasteiger partial charge in [-0.05, 0) is 42.8 Å². The van der Waals surface area contributed by atoms with E-state index >= 15 is 0 Å². The van der Waals surface area contributed by atoms with Gasteiger partial charge in [0.25, 0.3) is 5.91 Å². The number of piperidine rings is 1. The highest BCUT2D eigenvalue weighted by atomic mass is 32.1. The van der Waals surface area contributed by atoms with Crippen LogP contribution in [0.3, 0.4) is 0 Å². The molecule has 3 heterocycles. The van der Waals surface area contributed by atoms with Gasteiger partial charge >= 0.3 is 0 Å². The molecule has 6 nitrogen and oxygen atoms in total. The Hall–Kier alpha value is -2.67. The topological polar surface area (TPSA) is 67.2 Å². The Labute approximate surface area is 168 Å². The van der Waals surface area contributed by atoms with Gasteiger partial charge < -0.3 is 14.8 Å². The number of nitrogens with one attached hydrogen (secondary N) is 1. The second-order valence-corrected chi connectivity index (χ2v) is 8.06. The number of benzene rings is 1. The highest BCUT2D eigenvalue weighted by Gasteiger charge is 2.27. The Morgan fingerprint density at radius 3 is 2.75 bits per heavy atom. The van der Waals surface area contributed by atoms with Crippen molar-refractivity contribution in [3.8, 4) is 0 Å². The molecule has 2 amide bonds. The second-order valence-electron chi connectivity index (χ2n) is 7.12. The molecule has 3 aromatic rings. The summed E-state index contributed by atoms with van der Waals surface area (Å²) in [6.45, 7) is 2.78. The number of likely N-dealkylation sites (tertiary alicyclic amines) is 1. The molecule has 1 N–H and O–H groups in total. The van der Waals surface area contributed by atoms with E-state index in [0.717, 1.165) is 41.7 Å². The third-order valence-electron chi connectivity index (χ3n) is 5.29. The molecule has 1 fully saturated rings. The number of carbonyl (C=O) groups is 2. The van der Waals surface area contributed by atoms with E-state index in [0.29, 0.717) is 19.6 Å². The van der Waals surface area contributed by atoms with Crippen LogP contribution < -0.4 is 5.32 Å². The number of aryl methyl sites for hydroxylation is 1. The minimum atomic E-state index is 0.00135. The van der Waals surface area contributed by atoms with Crippen molar-refractivity contribution in [1.82, 2.24) is 19.8 Å². The second kappa shape index (κ2) is 8.56. The van der Waals surface area contributed by atoms with Gasteiger partial charge in [-0.2, -0.15) is 0 Å². The van der Waals surface area contributed by atoms with Crippen LogP contribution in [0.25, 0.3) is 11.0 Å². The molecule has 0 saturated carbocycles. The van der Waals surface area contributed by atoms with Crippen LogP contribution in [0.4, 0.5) is 0 Å². The zero-order chi connectivity index (χ0) is 19.3. The molecule has 0 unspecified atom stereocenters. The maximum absolute atomic E-state index is 12.4. The lowest BCUT2D eigenvalue weighted by atomic mass is 9.95. The zero-order valence-electron chi connectivity index (χ0n) is 15.7. The van der Waals surface area contributed by atoms with Crippen LogP contribution in [0.1, 0.15) is 28.9 Å². The normalized spacial score (nSPS) is 15.1. The molecule has 1 aliphatic heterocycles. The Morgan fingerprint density at radius 2 is 1.96 bits per heavy atom. The Bertz CT molecular complexity index is 942. The highest BCUT2D eigenvalue weighted by molar-refractivity contribution is 7.12. The number of hydrogen-bond acceptors (Lipinski definition) is 4. The first-order chi connectivity index (χ1) is 13.7. The summed E-state index contributed by atoms with van der Waals surface area (Å²) in [5.74, 6) is 0.196. The monoisotopic (exact) mass is 396 g/mol. The number of fused-ring (bicyclic) bond motifs is 1. The fourth-order valence-corrected chi connectivity index (χ4v) is 4.39. The molecular formula is C21H24N4O2S. The van der Waals surface area contributed by atoms with Gasteiger partial charge in [0.1, 0.15) is 0 Å². The van der Waals surface area contributed by atoms with Crippen molar-refractivity contribution in [2.24, 2.45) is 5.92 Å². The van der Waals surface area contributed by atoms with Crippen LogP contribution in [0, 0.1) is 5.92 Å². The number of para-hydroxylation sites is 2. The van der Waals surface area contributed by atoms with Crippen molar-refractivity contribution >= 4 is 34.2 Å². The van der Waals surface area contributed by atoms with Gasteiger partial charge in [-0.3, -0.25) is 9.59 Å². The molecule has 0 radical (unpaired) electrons. The average Bonchev–Trinajstić information content (AvgIpc) is 3.41. The third kappa shape index (κ3) is 4.09. The van der Waals surface area contributed by atoms with Gasteiger partial charge in [-0.1, -0.05) is 18.2 Å². The summed E-state index contributed by atoms with van der Waals surface area (Å²) in [5, 5.41) is 4.98. The van der Waals surface area contributed by atoms with Gasteiger partial charge in [-0.25, -0.2) is 4.98 Å². The van der Waals surface area contributed by atoms with Gasteiger partial charge in [0.15, 0.2) is 0 Å². The number of carbonyl (C=O) groups excluding carboxylic acids is 2. The SMILES string of the molecule is O=C(NCCCn1cnc2ccccc21)C1CCN(C(=O)c2cccs2)CC1. The molecule has 1 saturated heterocycles. The molecule has 28 heavy (non-hydrogen) atoms. The summed E-state index contributed by atoms with van der Waals surface area (Å²) in [7, 11) is 0. The van der Waals surface area contributed by atoms with Crippen molar-refractivity contribution in [2.75, 3.05) is 19.6 Å². The van der Waals surface area contributed by atoms with Crippen LogP contribution >= 0.6 is 11.3 Å². The standard InChI is InChI=1S/C21H24N4O2S/c26-20(16-8-12-24(13-9-16)21(27)19-7-3-14-28-19)22-10-4-11-25-15-23-17-5-1-2-6-18(17)25/h1-3,5-7,14-16H,4,8-13H2,(H,22,26). The fraction of sp³-hybridized carbons (Fsp3) is 0.381. The molecular weight excluding hydrogens is 372 g/mol. The molecule has 7 heteroatoms. The summed E-state index contributed by atoms with van der Waals surface area (Å²) >= 11 is 1.47. The molecule has 0 atom stereocenters. The molecule has 1 aromatic carbocycles. The van der Waals surface area contributed by atoms with E-state index in [1.807, 2.05) is 46.9 Å². The van der Waals surface area contributed by atoms with Crippen LogP contribution in [0.15, 0.2) is 48.1 Å². The Balaban J connectivity index is 1.19. The van der Waals surface area contributed by atoms with E-state index in [-0.39, 0.29) is 17.7 Å². The van der Waals surface area contributed by atoms with E-state index in [1.54, 1.807) is 0 Å². The molecule has 2 aromatic heterocycles. The summed E-state index contributed by atoms with van der Waals surface area (Å²) in [6, 6.07) is 11.8. The number of aromatic nitrogens is 2. The minimum Gasteiger partial charge on any atom is -0.356 e. The van der Waals surface area contributed by atoms with Crippen LogP contribution in [0.5, 0.6) is 0 Å². The number of amides is 2. The minimum absolute atomic E-state index is 0.00135. The lowest BCUT2D eigenvalue weighted by Gasteiger charge is -2.31. The Morgan fingerprint density at radius 1 is 1.14 bits per heavy atom. The largest absolute Gasteiger partial charge is 0.356 e. The molecule has 0 aliphatic carbocycles. The maximum atomic E-state index is 12.4. The summed E-state index contributed by atoms with van der Waals surface area (Å²) in [5.41, 5.74) is 2.12. The number of nitrogens with zero attached hydrogens (tertiary/aromatic N) is 3. The first kappa shape index (κ1) is 18.7. The predicted molar refractivity (Wildman–Crippen MR) is 110 cm³/mol. The average molecular weight is 397 g/mol. The van der Waals surface area contributed by atoms with Crippen LogP contribution in [-0.2, 0) is 11.3 Å². The van der Waals surface area contributed by atoms with Gasteiger partial charge in [0.2, 0.25) is 5.91 Å². The van der Waals surface area contributed by atoms with Crippen molar-refractivity contribution in [1.29, 1.82) is 0 Å². The van der Waals surface area contributed by atoms with Crippen LogP contribution in [0.2, 0.25) is 0 Å². The first-order valence-corrected chi connectivity index (χ1v) is 10.6. The molecule has 0 spiro atoms. The molecule has 146 valence electrons. The molecule has 0 bridgehead atoms. The number of hydrogen-bond donors (Lipinski definition) is 1. The lowest BCUT2D eigenvalue weighted by Crippen LogP contribution is -2.43. The van der Waals surface area contributed by atoms with Crippen molar-refractivity contribution in [3.63, 3.8) is 0 Å². The van der Waals surface area contributed by atoms with E-state index in [4.69, 9.17) is 0 Å². The highest BCUT2D eigenvalue weighted by Crippen LogP contribution is 2.21. The van der Waals surface area contributed by atoms with E-state index in [9.17, 15) is 9.59 Å². The van der Waals surface area contributed by atoms with E-state index in [1.165, 1.54) is 11.3 Å². The predicted octanol–water partition coefficient (Wildman–Crippen LogP) is 3.16. The van der Waals surface area contributed by atoms with E-state index < -0.39 is 0 Å². The third-order valence-corrected chi connectivity index (χ3v) is 6.15. The Kier molecular flexibility index (Phi) is 5.71. The zero-order valence-corrected chi connectivity index (χ0v) is 16.5. The number of imidazole rings is 1. The van der Waals surface area contributed by atoms with Crippen molar-refractivity contribution in [2.45, 2.75) is 25.8 Å². The van der Waals surface area contributed by atoms with Gasteiger partial charge in [0.05, 0.1) is 22.2 Å². The first-order valence-electron chi connectivity index (χ1n) is 9.73. The summed E-state index contributed by atoms with van der Waals surface area (Å²) < 4.78 is 2.12. The quantitative estimate of drug-likeness (QED) is 0.651. The van der Waals surface area contributed by atoms with Crippen LogP contribution in [-0.4, -0.2) is 45.9 Å². The molecule has 1 aliphatic rings. The summed E-state index contributed by atoms with van der Waals surface area (Å²) in [4.78, 5) is 31.9. The summed E-state index contributed by atoms with van der Waals surface area (Å²) in [6.07, 6.45) is 4.18. The number of thiophene rings is 1. The van der Waals surface area contributed by atoms with Crippen molar-refractivity contribution < 1.29 is 9.59 Å². The molecule has 4 rings (SSSR count). The van der Waals surface area contributed by atoms with Gasteiger partial charge in [0, 0.05) is 32.1 Å². The van der Waals surface area contributed by atoms with Crippen molar-refractivity contribution in [3.05, 3.63) is 53.0 Å². The number of rotatable bonds is 6. The van der Waals surface area contributed by atoms with Gasteiger partial charge in [-0.15, -0.1) is 11.3 Å². The maximum Gasteiger partial charge on any atom is 0.263 e.